The zero-order chi connectivity index (χ0) is 17.2. The van der Waals surface area contributed by atoms with Gasteiger partial charge in [0, 0.05) is 25.5 Å². The van der Waals surface area contributed by atoms with E-state index in [1.807, 2.05) is 41.6 Å². The molecule has 3 aromatic rings. The number of nitrogens with zero attached hydrogens (tertiary/aromatic N) is 4. The van der Waals surface area contributed by atoms with Gasteiger partial charge in [0.15, 0.2) is 5.69 Å². The number of carbonyl (C=O) groups is 1. The number of fused-ring (bicyclic) bond motifs is 1. The molecule has 0 aromatic carbocycles. The maximum Gasteiger partial charge on any atom is 0.274 e. The number of anilines is 1. The van der Waals surface area contributed by atoms with Gasteiger partial charge in [0.25, 0.3) is 5.91 Å². The summed E-state index contributed by atoms with van der Waals surface area (Å²) in [4.78, 5) is 28.0. The molecule has 6 nitrogen and oxygen atoms in total. The number of nitrogens with one attached hydrogen (secondary N) is 1. The molecule has 128 valence electrons. The van der Waals surface area contributed by atoms with Gasteiger partial charge in [0.05, 0.1) is 16.3 Å². The van der Waals surface area contributed by atoms with Gasteiger partial charge < -0.3 is 10.2 Å². The van der Waals surface area contributed by atoms with Crippen molar-refractivity contribution in [3.05, 3.63) is 47.2 Å². The molecule has 1 aliphatic rings. The molecule has 0 saturated carbocycles. The number of carbonyl (C=O) groups excluding carboxylic acids is 1. The fraction of sp³-hybridized carbons (Fsp3) is 0.333. The smallest absolute Gasteiger partial charge is 0.274 e. The molecule has 25 heavy (non-hydrogen) atoms. The van der Waals surface area contributed by atoms with Crippen LogP contribution in [0.15, 0.2) is 36.0 Å². The summed E-state index contributed by atoms with van der Waals surface area (Å²) in [6.07, 6.45) is 5.69. The molecule has 3 aromatic heterocycles. The number of thiophene rings is 1. The predicted octanol–water partition coefficient (Wildman–Crippen LogP) is 3.50. The first-order valence-electron chi connectivity index (χ1n) is 8.43. The third-order valence-corrected chi connectivity index (χ3v) is 5.34. The van der Waals surface area contributed by atoms with Crippen molar-refractivity contribution in [1.29, 1.82) is 0 Å². The summed E-state index contributed by atoms with van der Waals surface area (Å²) in [6, 6.07) is 5.84. The summed E-state index contributed by atoms with van der Waals surface area (Å²) >= 11 is 1.51. The van der Waals surface area contributed by atoms with Gasteiger partial charge in [-0.2, -0.15) is 0 Å². The molecule has 1 atom stereocenters. The molecule has 0 bridgehead atoms. The number of hydrogen-bond acceptors (Lipinski definition) is 6. The zero-order valence-corrected chi connectivity index (χ0v) is 14.8. The number of likely N-dealkylation sites (tertiary alicyclic amines) is 1. The second kappa shape index (κ2) is 6.76. The van der Waals surface area contributed by atoms with E-state index in [-0.39, 0.29) is 11.9 Å². The second-order valence-corrected chi connectivity index (χ2v) is 7.10. The predicted molar refractivity (Wildman–Crippen MR) is 98.8 cm³/mol. The van der Waals surface area contributed by atoms with E-state index in [0.717, 1.165) is 41.7 Å². The number of hydrogen-bond donors (Lipinski definition) is 1. The van der Waals surface area contributed by atoms with Gasteiger partial charge >= 0.3 is 0 Å². The lowest BCUT2D eigenvalue weighted by Gasteiger charge is -2.17. The Labute approximate surface area is 149 Å². The zero-order valence-electron chi connectivity index (χ0n) is 14.0. The van der Waals surface area contributed by atoms with Crippen LogP contribution in [0.2, 0.25) is 0 Å². The van der Waals surface area contributed by atoms with Gasteiger partial charge in [-0.15, -0.1) is 11.3 Å². The molecule has 4 rings (SSSR count). The Morgan fingerprint density at radius 2 is 2.12 bits per heavy atom. The van der Waals surface area contributed by atoms with E-state index in [0.29, 0.717) is 11.6 Å². The molecular weight excluding hydrogens is 334 g/mol. The van der Waals surface area contributed by atoms with E-state index in [4.69, 9.17) is 0 Å². The molecule has 1 aliphatic heterocycles. The van der Waals surface area contributed by atoms with E-state index in [2.05, 4.69) is 20.3 Å². The summed E-state index contributed by atoms with van der Waals surface area (Å²) < 4.78 is 0.858. The number of aromatic nitrogens is 3. The van der Waals surface area contributed by atoms with Crippen LogP contribution in [0.1, 0.15) is 41.9 Å². The third kappa shape index (κ3) is 3.19. The summed E-state index contributed by atoms with van der Waals surface area (Å²) in [7, 11) is 0. The highest BCUT2D eigenvalue weighted by atomic mass is 32.1. The summed E-state index contributed by atoms with van der Waals surface area (Å²) in [5.41, 5.74) is 2.36. The van der Waals surface area contributed by atoms with E-state index < -0.39 is 0 Å². The highest BCUT2D eigenvalue weighted by Gasteiger charge is 2.24. The van der Waals surface area contributed by atoms with Crippen molar-refractivity contribution >= 4 is 33.4 Å². The van der Waals surface area contributed by atoms with Crippen LogP contribution < -0.4 is 5.32 Å². The van der Waals surface area contributed by atoms with Gasteiger partial charge in [-0.1, -0.05) is 6.07 Å². The second-order valence-electron chi connectivity index (χ2n) is 6.18. The molecule has 0 spiro atoms. The summed E-state index contributed by atoms with van der Waals surface area (Å²) in [5, 5.41) is 5.25. The van der Waals surface area contributed by atoms with Gasteiger partial charge in [0.2, 0.25) is 5.95 Å². The van der Waals surface area contributed by atoms with Crippen molar-refractivity contribution in [3.63, 3.8) is 0 Å². The number of rotatable bonds is 4. The maximum atomic E-state index is 12.9. The van der Waals surface area contributed by atoms with Crippen LogP contribution in [-0.4, -0.2) is 38.8 Å². The van der Waals surface area contributed by atoms with Crippen molar-refractivity contribution in [3.8, 4) is 0 Å². The Balaban J connectivity index is 1.67. The fourth-order valence-electron chi connectivity index (χ4n) is 3.05. The average Bonchev–Trinajstić information content (AvgIpc) is 3.33. The van der Waals surface area contributed by atoms with Crippen LogP contribution in [-0.2, 0) is 0 Å². The summed E-state index contributed by atoms with van der Waals surface area (Å²) in [5.74, 6) is 0.481. The summed E-state index contributed by atoms with van der Waals surface area (Å²) in [6.45, 7) is 3.65. The van der Waals surface area contributed by atoms with Crippen LogP contribution in [0.3, 0.4) is 0 Å². The molecule has 0 unspecified atom stereocenters. The topological polar surface area (TPSA) is 71.0 Å². The Kier molecular flexibility index (Phi) is 4.31. The molecule has 0 aliphatic carbocycles. The largest absolute Gasteiger partial charge is 0.348 e. The van der Waals surface area contributed by atoms with E-state index in [9.17, 15) is 4.79 Å². The van der Waals surface area contributed by atoms with Gasteiger partial charge in [-0.05, 0) is 42.8 Å². The first-order valence-corrected chi connectivity index (χ1v) is 9.31. The van der Waals surface area contributed by atoms with E-state index in [1.54, 1.807) is 6.20 Å². The number of pyridine rings is 1. The van der Waals surface area contributed by atoms with Crippen LogP contribution in [0.25, 0.3) is 10.2 Å². The van der Waals surface area contributed by atoms with Crippen LogP contribution >= 0.6 is 11.3 Å². The van der Waals surface area contributed by atoms with Crippen LogP contribution in [0.5, 0.6) is 0 Å². The number of amides is 1. The van der Waals surface area contributed by atoms with Gasteiger partial charge in [-0.25, -0.2) is 9.97 Å². The average molecular weight is 353 g/mol. The lowest BCUT2D eigenvalue weighted by molar-refractivity contribution is 0.0789. The van der Waals surface area contributed by atoms with E-state index >= 15 is 0 Å². The highest BCUT2D eigenvalue weighted by Crippen LogP contribution is 2.27. The van der Waals surface area contributed by atoms with Gasteiger partial charge in [-0.3, -0.25) is 9.78 Å². The molecule has 1 N–H and O–H groups in total. The first kappa shape index (κ1) is 16.0. The highest BCUT2D eigenvalue weighted by molar-refractivity contribution is 7.17. The lowest BCUT2D eigenvalue weighted by Crippen LogP contribution is -2.28. The minimum atomic E-state index is -0.000440. The molecule has 1 saturated heterocycles. The van der Waals surface area contributed by atoms with E-state index in [1.165, 1.54) is 11.3 Å². The molecular formula is C18H19N5OS. The third-order valence-electron chi connectivity index (χ3n) is 4.43. The minimum Gasteiger partial charge on any atom is -0.348 e. The SMILES string of the molecule is C[C@H](Nc1nc(C(=O)N2CCCC2)c2sccc2n1)c1cccnc1. The van der Waals surface area contributed by atoms with Gasteiger partial charge in [0.1, 0.15) is 0 Å². The molecule has 1 amide bonds. The quantitative estimate of drug-likeness (QED) is 0.777. The Morgan fingerprint density at radius 3 is 2.88 bits per heavy atom. The van der Waals surface area contributed by atoms with Crippen LogP contribution in [0.4, 0.5) is 5.95 Å². The lowest BCUT2D eigenvalue weighted by atomic mass is 10.1. The normalized spacial score (nSPS) is 15.5. The standard InChI is InChI=1S/C18H19N5OS/c1-12(13-5-4-7-19-11-13)20-18-21-14-6-10-25-16(14)15(22-18)17(24)23-8-2-3-9-23/h4-7,10-12H,2-3,8-9H2,1H3,(H,20,21,22)/t12-/m0/s1. The Bertz CT molecular complexity index is 889. The van der Waals surface area contributed by atoms with Crippen molar-refractivity contribution in [2.24, 2.45) is 0 Å². The first-order chi connectivity index (χ1) is 12.2. The monoisotopic (exact) mass is 353 g/mol. The molecule has 0 radical (unpaired) electrons. The minimum absolute atomic E-state index is 0.000440. The Hall–Kier alpha value is -2.54. The van der Waals surface area contributed by atoms with Crippen molar-refractivity contribution in [1.82, 2.24) is 19.9 Å². The molecule has 1 fully saturated rings. The molecule has 4 heterocycles. The van der Waals surface area contributed by atoms with Crippen LogP contribution in [0, 0.1) is 0 Å². The Morgan fingerprint density at radius 1 is 1.28 bits per heavy atom. The van der Waals surface area contributed by atoms with Crippen molar-refractivity contribution < 1.29 is 4.79 Å². The maximum absolute atomic E-state index is 12.9. The fourth-order valence-corrected chi connectivity index (χ4v) is 3.86. The van der Waals surface area contributed by atoms with Crippen molar-refractivity contribution in [2.75, 3.05) is 18.4 Å². The molecule has 7 heteroatoms. The van der Waals surface area contributed by atoms with Crippen molar-refractivity contribution in [2.45, 2.75) is 25.8 Å².